The molecule has 0 aliphatic heterocycles. The van der Waals surface area contributed by atoms with E-state index in [0.717, 1.165) is 0 Å². The molecule has 0 fully saturated rings. The summed E-state index contributed by atoms with van der Waals surface area (Å²) in [6.45, 7) is 13.6. The van der Waals surface area contributed by atoms with E-state index in [1.807, 2.05) is 97.1 Å². The largest absolute Gasteiger partial charge is 0.462 e. The highest BCUT2D eigenvalue weighted by Gasteiger charge is 2.32. The lowest BCUT2D eigenvalue weighted by Gasteiger charge is -2.18. The number of ether oxygens (including phenoxy) is 8. The van der Waals surface area contributed by atoms with Crippen LogP contribution < -0.4 is 0 Å². The van der Waals surface area contributed by atoms with Crippen molar-refractivity contribution in [2.45, 2.75) is 55.4 Å². The zero-order chi connectivity index (χ0) is 67.4. The summed E-state index contributed by atoms with van der Waals surface area (Å²) >= 11 is 0. The number of rotatable bonds is 16. The molecule has 0 aromatic heterocycles. The Morgan fingerprint density at radius 1 is 0.177 bits per heavy atom. The van der Waals surface area contributed by atoms with Crippen molar-refractivity contribution < 1.29 is 76.3 Å². The van der Waals surface area contributed by atoms with Crippen molar-refractivity contribution in [3.63, 3.8) is 0 Å². The summed E-state index contributed by atoms with van der Waals surface area (Å²) in [6.07, 6.45) is 0. The van der Waals surface area contributed by atoms with E-state index in [9.17, 15) is 38.4 Å². The summed E-state index contributed by atoms with van der Waals surface area (Å²) in [5, 5.41) is 13.1. The third kappa shape index (κ3) is 10.5. The Morgan fingerprint density at radius 3 is 0.375 bits per heavy atom. The molecular weight excluding hydrogens is 1220 g/mol. The molecule has 13 aromatic rings. The molecule has 0 heterocycles. The third-order valence-corrected chi connectivity index (χ3v) is 17.6. The molecule has 16 heteroatoms. The Balaban J connectivity index is 1.29. The monoisotopic (exact) mass is 1280 g/mol. The molecule has 0 N–H and O–H groups in total. The maximum Gasteiger partial charge on any atom is 0.339 e. The van der Waals surface area contributed by atoms with Crippen molar-refractivity contribution in [1.29, 1.82) is 0 Å². The van der Waals surface area contributed by atoms with Crippen LogP contribution in [0.15, 0.2) is 146 Å². The molecule has 16 bridgehead atoms. The molecule has 0 aliphatic rings. The highest BCUT2D eigenvalue weighted by atomic mass is 16.6. The van der Waals surface area contributed by atoms with E-state index in [-0.39, 0.29) is 97.4 Å². The van der Waals surface area contributed by atoms with Crippen molar-refractivity contribution in [2.75, 3.05) is 52.9 Å². The predicted octanol–water partition coefficient (Wildman–Crippen LogP) is 17.5. The summed E-state index contributed by atoms with van der Waals surface area (Å²) in [6, 6.07) is 44.4. The average Bonchev–Trinajstić information content (AvgIpc) is 0.742. The molecule has 0 aliphatic carbocycles. The Bertz CT molecular complexity index is 4610. The maximum atomic E-state index is 14.5. The van der Waals surface area contributed by atoms with E-state index in [4.69, 9.17) is 37.9 Å². The Hall–Kier alpha value is -11.5. The van der Waals surface area contributed by atoms with Gasteiger partial charge in [0.1, 0.15) is 0 Å². The molecule has 96 heavy (non-hydrogen) atoms. The first-order chi connectivity index (χ1) is 46.6. The van der Waals surface area contributed by atoms with Crippen molar-refractivity contribution >= 4 is 177 Å². The SMILES string of the molecule is CCOC(=O)c1c(C(=O)OCC)c2ccc3cc2c2cc(ccc12)c1ccc2c(C(=O)OCC)c(C(=O)OCC)c4ccc(cc4c2c1)c1ccc2c(C(=O)OCC)c(C(=O)OCC)c4ccc(cc4c2c1)c1ccc2c(C(=O)OCC)c(C(=O)OCC)c4ccc3cc4c2c1. The van der Waals surface area contributed by atoms with Gasteiger partial charge in [0.25, 0.3) is 0 Å². The molecule has 0 saturated carbocycles. The van der Waals surface area contributed by atoms with E-state index in [1.54, 1.807) is 104 Å². The zero-order valence-electron chi connectivity index (χ0n) is 54.0. The van der Waals surface area contributed by atoms with Crippen molar-refractivity contribution in [3.8, 4) is 0 Å². The molecule has 0 radical (unpaired) electrons. The summed E-state index contributed by atoms with van der Waals surface area (Å²) < 4.78 is 45.7. The number of carbonyl (C=O) groups excluding carboxylic acids is 8. The average molecular weight is 1280 g/mol. The van der Waals surface area contributed by atoms with Crippen LogP contribution in [0.2, 0.25) is 0 Å². The van der Waals surface area contributed by atoms with Gasteiger partial charge in [-0.3, -0.25) is 0 Å². The lowest BCUT2D eigenvalue weighted by Crippen LogP contribution is -2.16. The molecule has 0 unspecified atom stereocenters. The predicted molar refractivity (Wildman–Crippen MR) is 373 cm³/mol. The standard InChI is InChI=1S/C80H64O16/c1-9-89-73(81)65-49-25-17-41-33-57(49)58-34-42(18-26-50(58)66(65)74(82)90-10-2)44-20-28-52-60(36-44)62-38-46(22-30-54(62)70(78(86)94-14-6)68(52)76(84)92-12-4)48-24-32-56-64(40-48)63-39-47(23-31-55(63)71(79(87)95-15-7)72(56)80(88)96-16-8)45-21-29-53-61(37-45)59-35-43(41)19-27-51(59)67(75(83)91-11-3)69(53)77(85)93-13-5/h17-40H,9-16H2,1-8H3. The highest BCUT2D eigenvalue weighted by Crippen LogP contribution is 2.44. The molecule has 13 rings (SSSR count). The summed E-state index contributed by atoms with van der Waals surface area (Å²) in [5.41, 5.74) is 0.120. The van der Waals surface area contributed by atoms with Gasteiger partial charge in [0.2, 0.25) is 0 Å². The second-order valence-corrected chi connectivity index (χ2v) is 22.8. The van der Waals surface area contributed by atoms with Crippen molar-refractivity contribution in [1.82, 2.24) is 0 Å². The van der Waals surface area contributed by atoms with Crippen molar-refractivity contribution in [2.24, 2.45) is 0 Å². The van der Waals surface area contributed by atoms with Gasteiger partial charge in [-0.15, -0.1) is 0 Å². The Morgan fingerprint density at radius 2 is 0.281 bits per heavy atom. The van der Waals surface area contributed by atoms with Crippen molar-refractivity contribution in [3.05, 3.63) is 190 Å². The normalized spacial score (nSPS) is 11.6. The molecule has 0 saturated heterocycles. The summed E-state index contributed by atoms with van der Waals surface area (Å²) in [4.78, 5) is 116. The fourth-order valence-corrected chi connectivity index (χ4v) is 13.7. The topological polar surface area (TPSA) is 210 Å². The Labute approximate surface area is 549 Å². The van der Waals surface area contributed by atoms with Crippen LogP contribution in [0.25, 0.3) is 129 Å². The second kappa shape index (κ2) is 25.8. The van der Waals surface area contributed by atoms with E-state index in [1.165, 1.54) is 0 Å². The fraction of sp³-hybridized carbons (Fsp3) is 0.200. The van der Waals surface area contributed by atoms with Gasteiger partial charge in [0, 0.05) is 0 Å². The smallest absolute Gasteiger partial charge is 0.339 e. The van der Waals surface area contributed by atoms with Crippen LogP contribution in [0.1, 0.15) is 138 Å². The number of benzene rings is 12. The van der Waals surface area contributed by atoms with Crippen LogP contribution in [0, 0.1) is 0 Å². The van der Waals surface area contributed by atoms with Crippen LogP contribution in [-0.2, 0) is 37.9 Å². The van der Waals surface area contributed by atoms with Gasteiger partial charge in [0.15, 0.2) is 0 Å². The molecule has 0 spiro atoms. The molecule has 480 valence electrons. The minimum absolute atomic E-state index is 0.0128. The highest BCUT2D eigenvalue weighted by molar-refractivity contribution is 6.32. The van der Waals surface area contributed by atoms with Gasteiger partial charge in [0.05, 0.1) is 97.4 Å². The summed E-state index contributed by atoms with van der Waals surface area (Å²) in [7, 11) is 0. The lowest BCUT2D eigenvalue weighted by molar-refractivity contribution is 0.0482. The van der Waals surface area contributed by atoms with Gasteiger partial charge >= 0.3 is 47.8 Å². The van der Waals surface area contributed by atoms with Crippen LogP contribution in [0.5, 0.6) is 0 Å². The quantitative estimate of drug-likeness (QED) is 0.0500. The number of carbonyl (C=O) groups is 8. The number of esters is 8. The van der Waals surface area contributed by atoms with E-state index >= 15 is 0 Å². The minimum Gasteiger partial charge on any atom is -0.462 e. The number of fused-ring (bicyclic) bond motifs is 12. The van der Waals surface area contributed by atoms with Gasteiger partial charge in [-0.1, -0.05) is 97.1 Å². The lowest BCUT2D eigenvalue weighted by atomic mass is 9.87. The number of hydrogen-bond donors (Lipinski definition) is 0. The third-order valence-electron chi connectivity index (χ3n) is 17.6. The van der Waals surface area contributed by atoms with Crippen LogP contribution in [0.3, 0.4) is 0 Å². The molecule has 0 atom stereocenters. The van der Waals surface area contributed by atoms with Gasteiger partial charge < -0.3 is 37.9 Å². The van der Waals surface area contributed by atoms with Crippen LogP contribution in [0.4, 0.5) is 0 Å². The zero-order valence-corrected chi connectivity index (χ0v) is 54.0. The van der Waals surface area contributed by atoms with E-state index in [0.29, 0.717) is 129 Å². The second-order valence-electron chi connectivity index (χ2n) is 22.8. The summed E-state index contributed by atoms with van der Waals surface area (Å²) in [5.74, 6) is -5.85. The van der Waals surface area contributed by atoms with Gasteiger partial charge in [-0.2, -0.15) is 0 Å². The first kappa shape index (κ1) is 63.2. The first-order valence-electron chi connectivity index (χ1n) is 32.1. The van der Waals surface area contributed by atoms with Gasteiger partial charge in [-0.05, 0) is 233 Å². The molecule has 16 nitrogen and oxygen atoms in total. The van der Waals surface area contributed by atoms with Gasteiger partial charge in [-0.25, -0.2) is 38.4 Å². The first-order valence-corrected chi connectivity index (χ1v) is 32.1. The molecule has 13 aromatic carbocycles. The fourth-order valence-electron chi connectivity index (χ4n) is 13.7. The van der Waals surface area contributed by atoms with E-state index in [2.05, 4.69) is 0 Å². The molecule has 0 amide bonds. The molecular formula is C80H64O16. The maximum absolute atomic E-state index is 14.5. The van der Waals surface area contributed by atoms with E-state index < -0.39 is 47.8 Å². The van der Waals surface area contributed by atoms with Crippen LogP contribution >= 0.6 is 0 Å². The minimum atomic E-state index is -0.732. The number of hydrogen-bond acceptors (Lipinski definition) is 16. The van der Waals surface area contributed by atoms with Crippen LogP contribution in [-0.4, -0.2) is 101 Å². The Kier molecular flexibility index (Phi) is 17.0.